The predicted octanol–water partition coefficient (Wildman–Crippen LogP) is -0.457. The first-order chi connectivity index (χ1) is 11.0. The summed E-state index contributed by atoms with van der Waals surface area (Å²) < 4.78 is 5.50. The van der Waals surface area contributed by atoms with Gasteiger partial charge in [0.25, 0.3) is 0 Å². The summed E-state index contributed by atoms with van der Waals surface area (Å²) in [5.74, 6) is 0. The van der Waals surface area contributed by atoms with Gasteiger partial charge in [0.2, 0.25) is 0 Å². The number of hydrogen-bond donors (Lipinski definition) is 5. The molecular weight excluding hydrogens is 300 g/mol. The maximum absolute atomic E-state index is 9.94. The number of benzene rings is 2. The maximum atomic E-state index is 9.94. The number of fused-ring (bicyclic) bond motifs is 1. The largest absolute Gasteiger partial charge is 0.387 e. The first kappa shape index (κ1) is 16.3. The van der Waals surface area contributed by atoms with E-state index in [1.54, 1.807) is 0 Å². The van der Waals surface area contributed by atoms with Gasteiger partial charge < -0.3 is 30.3 Å². The van der Waals surface area contributed by atoms with Crippen LogP contribution in [0.4, 0.5) is 0 Å². The van der Waals surface area contributed by atoms with Gasteiger partial charge in [-0.05, 0) is 22.4 Å². The SMILES string of the molecule is OC1[C@@H](O)[C@H](O)C(OCc2ccc3ccccc3c2)[C@H](O)[C@@H]1O. The summed E-state index contributed by atoms with van der Waals surface area (Å²) in [5, 5.41) is 50.9. The fraction of sp³-hybridized carbons (Fsp3) is 0.412. The van der Waals surface area contributed by atoms with Gasteiger partial charge in [0, 0.05) is 0 Å². The second-order valence-electron chi connectivity index (χ2n) is 5.91. The molecule has 6 nitrogen and oxygen atoms in total. The molecule has 0 radical (unpaired) electrons. The highest BCUT2D eigenvalue weighted by atomic mass is 16.5. The standard InChI is InChI=1S/C17H20O6/c18-12-13(19)15(21)17(16(22)14(12)20)23-8-9-5-6-10-3-1-2-4-11(10)7-9/h1-7,12-22H,8H2/t12?,13-,14-,15-,16+,17?/m1/s1. The van der Waals surface area contributed by atoms with Crippen LogP contribution in [-0.2, 0) is 11.3 Å². The third-order valence-electron chi connectivity index (χ3n) is 4.33. The van der Waals surface area contributed by atoms with Crippen molar-refractivity contribution in [1.29, 1.82) is 0 Å². The van der Waals surface area contributed by atoms with Gasteiger partial charge in [-0.1, -0.05) is 36.4 Å². The third-order valence-corrected chi connectivity index (χ3v) is 4.33. The first-order valence-electron chi connectivity index (χ1n) is 7.48. The van der Waals surface area contributed by atoms with E-state index in [1.165, 1.54) is 0 Å². The van der Waals surface area contributed by atoms with E-state index in [0.717, 1.165) is 16.3 Å². The molecule has 1 aliphatic carbocycles. The molecule has 2 aromatic carbocycles. The first-order valence-corrected chi connectivity index (χ1v) is 7.48. The van der Waals surface area contributed by atoms with E-state index >= 15 is 0 Å². The van der Waals surface area contributed by atoms with Gasteiger partial charge in [-0.15, -0.1) is 0 Å². The van der Waals surface area contributed by atoms with Crippen molar-refractivity contribution in [2.75, 3.05) is 0 Å². The average Bonchev–Trinajstić information content (AvgIpc) is 2.58. The Hall–Kier alpha value is -1.54. The molecule has 0 aliphatic heterocycles. The van der Waals surface area contributed by atoms with Crippen molar-refractivity contribution in [2.45, 2.75) is 43.2 Å². The van der Waals surface area contributed by atoms with Crippen LogP contribution in [0, 0.1) is 0 Å². The minimum Gasteiger partial charge on any atom is -0.387 e. The van der Waals surface area contributed by atoms with Crippen LogP contribution in [0.2, 0.25) is 0 Å². The molecule has 5 N–H and O–H groups in total. The van der Waals surface area contributed by atoms with Crippen LogP contribution >= 0.6 is 0 Å². The van der Waals surface area contributed by atoms with Gasteiger partial charge in [-0.3, -0.25) is 0 Å². The molecule has 0 heterocycles. The van der Waals surface area contributed by atoms with Crippen molar-refractivity contribution in [2.24, 2.45) is 0 Å². The highest BCUT2D eigenvalue weighted by Crippen LogP contribution is 2.25. The molecule has 6 heteroatoms. The van der Waals surface area contributed by atoms with Crippen LogP contribution in [0.5, 0.6) is 0 Å². The summed E-state index contributed by atoms with van der Waals surface area (Å²) in [5.41, 5.74) is 0.832. The summed E-state index contributed by atoms with van der Waals surface area (Å²) >= 11 is 0. The average molecular weight is 320 g/mol. The highest BCUT2D eigenvalue weighted by molar-refractivity contribution is 5.82. The zero-order chi connectivity index (χ0) is 16.6. The summed E-state index contributed by atoms with van der Waals surface area (Å²) in [4.78, 5) is 0. The zero-order valence-corrected chi connectivity index (χ0v) is 12.4. The van der Waals surface area contributed by atoms with E-state index < -0.39 is 36.6 Å². The van der Waals surface area contributed by atoms with Crippen LogP contribution in [-0.4, -0.2) is 62.2 Å². The molecule has 6 atom stereocenters. The molecule has 3 rings (SSSR count). The van der Waals surface area contributed by atoms with Crippen molar-refractivity contribution in [1.82, 2.24) is 0 Å². The summed E-state index contributed by atoms with van der Waals surface area (Å²) in [6.45, 7) is 0.0964. The Labute approximate surface area is 133 Å². The van der Waals surface area contributed by atoms with Crippen LogP contribution < -0.4 is 0 Å². The number of ether oxygens (including phenoxy) is 1. The summed E-state index contributed by atoms with van der Waals surface area (Å²) in [7, 11) is 0. The molecule has 23 heavy (non-hydrogen) atoms. The lowest BCUT2D eigenvalue weighted by atomic mass is 9.85. The molecular formula is C17H20O6. The molecule has 0 bridgehead atoms. The van der Waals surface area contributed by atoms with E-state index in [4.69, 9.17) is 4.74 Å². The normalized spacial score (nSPS) is 34.7. The molecule has 0 spiro atoms. The van der Waals surface area contributed by atoms with Gasteiger partial charge in [0.1, 0.15) is 36.6 Å². The third kappa shape index (κ3) is 3.10. The predicted molar refractivity (Wildman–Crippen MR) is 82.6 cm³/mol. The minimum atomic E-state index is -1.61. The number of hydrogen-bond acceptors (Lipinski definition) is 6. The topological polar surface area (TPSA) is 110 Å². The second kappa shape index (κ2) is 6.52. The second-order valence-corrected chi connectivity index (χ2v) is 5.91. The number of aliphatic hydroxyl groups is 5. The Kier molecular flexibility index (Phi) is 4.63. The van der Waals surface area contributed by atoms with E-state index in [0.29, 0.717) is 0 Å². The van der Waals surface area contributed by atoms with Gasteiger partial charge in [0.05, 0.1) is 6.61 Å². The van der Waals surface area contributed by atoms with Gasteiger partial charge in [0.15, 0.2) is 0 Å². The van der Waals surface area contributed by atoms with E-state index in [2.05, 4.69) is 0 Å². The van der Waals surface area contributed by atoms with E-state index in [-0.39, 0.29) is 6.61 Å². The van der Waals surface area contributed by atoms with Crippen LogP contribution in [0.15, 0.2) is 42.5 Å². The van der Waals surface area contributed by atoms with Gasteiger partial charge in [-0.2, -0.15) is 0 Å². The molecule has 1 saturated carbocycles. The Morgan fingerprint density at radius 1 is 0.696 bits per heavy atom. The Bertz CT molecular complexity index is 659. The zero-order valence-electron chi connectivity index (χ0n) is 12.4. The number of rotatable bonds is 3. The lowest BCUT2D eigenvalue weighted by Crippen LogP contribution is -2.64. The summed E-state index contributed by atoms with van der Waals surface area (Å²) in [6, 6.07) is 13.6. The molecule has 0 saturated heterocycles. The monoisotopic (exact) mass is 320 g/mol. The van der Waals surface area contributed by atoms with Crippen molar-refractivity contribution < 1.29 is 30.3 Å². The van der Waals surface area contributed by atoms with Gasteiger partial charge in [-0.25, -0.2) is 0 Å². The Balaban J connectivity index is 1.73. The Morgan fingerprint density at radius 3 is 1.91 bits per heavy atom. The van der Waals surface area contributed by atoms with Crippen LogP contribution in [0.25, 0.3) is 10.8 Å². The lowest BCUT2D eigenvalue weighted by molar-refractivity contribution is -0.237. The van der Waals surface area contributed by atoms with Gasteiger partial charge >= 0.3 is 0 Å². The fourth-order valence-corrected chi connectivity index (χ4v) is 2.91. The molecule has 124 valence electrons. The lowest BCUT2D eigenvalue weighted by Gasteiger charge is -2.41. The smallest absolute Gasteiger partial charge is 0.115 e. The fourth-order valence-electron chi connectivity index (χ4n) is 2.91. The molecule has 2 unspecified atom stereocenters. The van der Waals surface area contributed by atoms with E-state index in [1.807, 2.05) is 42.5 Å². The molecule has 0 aromatic heterocycles. The maximum Gasteiger partial charge on any atom is 0.115 e. The Morgan fingerprint density at radius 2 is 1.26 bits per heavy atom. The van der Waals surface area contributed by atoms with Crippen molar-refractivity contribution in [3.05, 3.63) is 48.0 Å². The van der Waals surface area contributed by atoms with Crippen LogP contribution in [0.1, 0.15) is 5.56 Å². The molecule has 1 fully saturated rings. The minimum absolute atomic E-state index is 0.0964. The van der Waals surface area contributed by atoms with E-state index in [9.17, 15) is 25.5 Å². The van der Waals surface area contributed by atoms with Crippen LogP contribution in [0.3, 0.4) is 0 Å². The van der Waals surface area contributed by atoms with Crippen molar-refractivity contribution >= 4 is 10.8 Å². The number of aliphatic hydroxyl groups excluding tert-OH is 5. The summed E-state index contributed by atoms with van der Waals surface area (Å²) in [6.07, 6.45) is -8.91. The molecule has 0 amide bonds. The molecule has 1 aliphatic rings. The van der Waals surface area contributed by atoms with Crippen molar-refractivity contribution in [3.8, 4) is 0 Å². The quantitative estimate of drug-likeness (QED) is 0.524. The van der Waals surface area contributed by atoms with Crippen molar-refractivity contribution in [3.63, 3.8) is 0 Å². The molecule has 2 aromatic rings. The highest BCUT2D eigenvalue weighted by Gasteiger charge is 2.48.